The van der Waals surface area contributed by atoms with Crippen molar-refractivity contribution in [1.82, 2.24) is 0 Å². The lowest BCUT2D eigenvalue weighted by atomic mass is 10.5. The normalized spacial score (nSPS) is 19.5. The second-order valence-corrected chi connectivity index (χ2v) is 4.03. The lowest BCUT2D eigenvalue weighted by molar-refractivity contribution is -0.136. The number of carboxylic acids is 1. The molecule has 0 bridgehead atoms. The van der Waals surface area contributed by atoms with Crippen molar-refractivity contribution in [2.45, 2.75) is 12.6 Å². The summed E-state index contributed by atoms with van der Waals surface area (Å²) in [5.41, 5.74) is -1.36. The maximum Gasteiger partial charge on any atom is 0.341 e. The van der Waals surface area contributed by atoms with Crippen LogP contribution in [0.2, 0.25) is 0 Å². The average molecular weight is 168 g/mol. The number of carbonyl (C=O) groups is 1. The lowest BCUT2D eigenvalue weighted by Crippen LogP contribution is -2.16. The molecule has 2 atom stereocenters. The molecule has 0 aliphatic rings. The molecule has 0 spiro atoms. The molecule has 2 N–H and O–H groups in total. The Bertz CT molecular complexity index is 176. The van der Waals surface area contributed by atoms with Gasteiger partial charge in [-0.3, -0.25) is 9.36 Å². The van der Waals surface area contributed by atoms with Crippen molar-refractivity contribution in [3.05, 3.63) is 0 Å². The van der Waals surface area contributed by atoms with Crippen LogP contribution < -0.4 is 0 Å². The Morgan fingerprint density at radius 2 is 2.10 bits per heavy atom. The van der Waals surface area contributed by atoms with Crippen LogP contribution in [-0.2, 0) is 13.9 Å². The van der Waals surface area contributed by atoms with Crippen molar-refractivity contribution < 1.29 is 23.9 Å². The van der Waals surface area contributed by atoms with Crippen molar-refractivity contribution >= 4 is 13.6 Å². The van der Waals surface area contributed by atoms with Gasteiger partial charge in [-0.25, -0.2) is 0 Å². The van der Waals surface area contributed by atoms with Gasteiger partial charge in [-0.05, 0) is 6.92 Å². The first-order chi connectivity index (χ1) is 4.41. The van der Waals surface area contributed by atoms with E-state index in [1.807, 2.05) is 0 Å². The predicted molar refractivity (Wildman–Crippen MR) is 33.9 cm³/mol. The minimum absolute atomic E-state index is 1.00. The van der Waals surface area contributed by atoms with Gasteiger partial charge in [0.15, 0.2) is 5.66 Å². The molecule has 0 rings (SSSR count). The van der Waals surface area contributed by atoms with E-state index in [0.717, 1.165) is 14.0 Å². The highest BCUT2D eigenvalue weighted by Crippen LogP contribution is 2.46. The highest BCUT2D eigenvalue weighted by Gasteiger charge is 2.32. The third kappa shape index (κ3) is 2.10. The zero-order valence-electron chi connectivity index (χ0n) is 5.64. The maximum atomic E-state index is 10.7. The van der Waals surface area contributed by atoms with Gasteiger partial charge >= 0.3 is 13.6 Å². The Kier molecular flexibility index (Phi) is 3.02. The molecule has 0 aliphatic heterocycles. The highest BCUT2D eigenvalue weighted by molar-refractivity contribution is 7.54. The second kappa shape index (κ2) is 3.14. The largest absolute Gasteiger partial charge is 0.481 e. The van der Waals surface area contributed by atoms with Crippen molar-refractivity contribution in [3.8, 4) is 0 Å². The van der Waals surface area contributed by atoms with Gasteiger partial charge in [0.05, 0.1) is 0 Å². The molecule has 0 fully saturated rings. The zero-order valence-corrected chi connectivity index (χ0v) is 6.54. The van der Waals surface area contributed by atoms with Gasteiger partial charge in [-0.15, -0.1) is 0 Å². The van der Waals surface area contributed by atoms with E-state index in [-0.39, 0.29) is 0 Å². The standard InChI is InChI=1S/C4H9O5P/c1-3(4(5)6)10(7,8)9-2/h3H,1-2H3,(H,5,6)(H,7,8). The molecule has 0 amide bonds. The summed E-state index contributed by atoms with van der Waals surface area (Å²) in [5, 5.41) is 8.24. The van der Waals surface area contributed by atoms with Crippen LogP contribution in [0.25, 0.3) is 0 Å². The molecule has 0 radical (unpaired) electrons. The molecule has 6 heteroatoms. The molecule has 0 aromatic rings. The summed E-state index contributed by atoms with van der Waals surface area (Å²) in [6, 6.07) is 0. The fraction of sp³-hybridized carbons (Fsp3) is 0.750. The first-order valence-electron chi connectivity index (χ1n) is 2.53. The zero-order chi connectivity index (χ0) is 8.36. The van der Waals surface area contributed by atoms with E-state index in [1.165, 1.54) is 0 Å². The summed E-state index contributed by atoms with van der Waals surface area (Å²) in [4.78, 5) is 18.8. The van der Waals surface area contributed by atoms with Crippen LogP contribution in [0.5, 0.6) is 0 Å². The lowest BCUT2D eigenvalue weighted by Gasteiger charge is -2.11. The molecule has 0 aliphatic carbocycles. The molecule has 0 heterocycles. The summed E-state index contributed by atoms with van der Waals surface area (Å²) < 4.78 is 14.8. The monoisotopic (exact) mass is 168 g/mol. The smallest absolute Gasteiger partial charge is 0.341 e. The number of carboxylic acid groups (broad SMARTS) is 1. The van der Waals surface area contributed by atoms with Crippen LogP contribution in [0, 0.1) is 0 Å². The van der Waals surface area contributed by atoms with Crippen LogP contribution in [0.4, 0.5) is 0 Å². The maximum absolute atomic E-state index is 10.7. The third-order valence-electron chi connectivity index (χ3n) is 1.11. The van der Waals surface area contributed by atoms with Crippen molar-refractivity contribution in [2.75, 3.05) is 7.11 Å². The summed E-state index contributed by atoms with van der Waals surface area (Å²) in [6.07, 6.45) is 0. The van der Waals surface area contributed by atoms with Crippen LogP contribution in [0.3, 0.4) is 0 Å². The van der Waals surface area contributed by atoms with Gasteiger partial charge in [-0.1, -0.05) is 0 Å². The van der Waals surface area contributed by atoms with Gasteiger partial charge in [0.2, 0.25) is 0 Å². The van der Waals surface area contributed by atoms with Crippen LogP contribution in [-0.4, -0.2) is 28.7 Å². The third-order valence-corrected chi connectivity index (χ3v) is 2.83. The predicted octanol–water partition coefficient (Wildman–Crippen LogP) is 0.291. The first-order valence-corrected chi connectivity index (χ1v) is 4.17. The number of hydrogen-bond acceptors (Lipinski definition) is 3. The first kappa shape index (κ1) is 9.62. The molecule has 2 unspecified atom stereocenters. The quantitative estimate of drug-likeness (QED) is 0.591. The Balaban J connectivity index is 4.33. The van der Waals surface area contributed by atoms with Crippen molar-refractivity contribution in [3.63, 3.8) is 0 Å². The number of rotatable bonds is 3. The molecule has 60 valence electrons. The molecular weight excluding hydrogens is 159 g/mol. The topological polar surface area (TPSA) is 83.8 Å². The van der Waals surface area contributed by atoms with Crippen LogP contribution in [0.1, 0.15) is 6.92 Å². The second-order valence-electron chi connectivity index (χ2n) is 1.76. The van der Waals surface area contributed by atoms with E-state index in [1.54, 1.807) is 0 Å². The summed E-state index contributed by atoms with van der Waals surface area (Å²) in [5.74, 6) is -1.34. The van der Waals surface area contributed by atoms with E-state index in [2.05, 4.69) is 4.52 Å². The Morgan fingerprint density at radius 1 is 1.70 bits per heavy atom. The fourth-order valence-corrected chi connectivity index (χ4v) is 0.893. The van der Waals surface area contributed by atoms with Gasteiger partial charge in [-0.2, -0.15) is 0 Å². The van der Waals surface area contributed by atoms with E-state index < -0.39 is 19.2 Å². The van der Waals surface area contributed by atoms with Gasteiger partial charge in [0.1, 0.15) is 0 Å². The van der Waals surface area contributed by atoms with E-state index in [9.17, 15) is 9.36 Å². The Hall–Kier alpha value is -0.380. The SMILES string of the molecule is COP(=O)(O)C(C)C(=O)O. The summed E-state index contributed by atoms with van der Waals surface area (Å²) in [7, 11) is -2.92. The number of hydrogen-bond donors (Lipinski definition) is 2. The molecule has 0 aromatic carbocycles. The van der Waals surface area contributed by atoms with Gasteiger partial charge < -0.3 is 14.5 Å². The minimum Gasteiger partial charge on any atom is -0.481 e. The van der Waals surface area contributed by atoms with Crippen molar-refractivity contribution in [2.24, 2.45) is 0 Å². The van der Waals surface area contributed by atoms with E-state index in [4.69, 9.17) is 10.00 Å². The van der Waals surface area contributed by atoms with Crippen molar-refractivity contribution in [1.29, 1.82) is 0 Å². The summed E-state index contributed by atoms with van der Waals surface area (Å²) in [6.45, 7) is 1.12. The van der Waals surface area contributed by atoms with Gasteiger partial charge in [0.25, 0.3) is 0 Å². The Labute approximate surface area is 58.2 Å². The molecule has 0 saturated heterocycles. The van der Waals surface area contributed by atoms with Gasteiger partial charge in [0, 0.05) is 7.11 Å². The average Bonchev–Trinajstić information content (AvgIpc) is 1.86. The molecular formula is C4H9O5P. The molecule has 0 saturated carbocycles. The molecule has 10 heavy (non-hydrogen) atoms. The Morgan fingerprint density at radius 3 is 2.20 bits per heavy atom. The minimum atomic E-state index is -3.92. The highest BCUT2D eigenvalue weighted by atomic mass is 31.2. The van der Waals surface area contributed by atoms with Crippen LogP contribution >= 0.6 is 7.60 Å². The molecule has 5 nitrogen and oxygen atoms in total. The number of aliphatic carboxylic acids is 1. The summed E-state index contributed by atoms with van der Waals surface area (Å²) >= 11 is 0. The van der Waals surface area contributed by atoms with E-state index >= 15 is 0 Å². The van der Waals surface area contributed by atoms with E-state index in [0.29, 0.717) is 0 Å². The molecule has 0 aromatic heterocycles. The van der Waals surface area contributed by atoms with Crippen LogP contribution in [0.15, 0.2) is 0 Å². The fourth-order valence-electron chi connectivity index (χ4n) is 0.298.